The molecule has 1 aliphatic rings. The van der Waals surface area contributed by atoms with Gasteiger partial charge in [0.1, 0.15) is 12.6 Å². The number of anilines is 1. The van der Waals surface area contributed by atoms with Crippen molar-refractivity contribution in [2.24, 2.45) is 0 Å². The van der Waals surface area contributed by atoms with E-state index in [2.05, 4.69) is 11.9 Å². The van der Waals surface area contributed by atoms with Gasteiger partial charge in [0.2, 0.25) is 11.1 Å². The Labute approximate surface area is 232 Å². The highest BCUT2D eigenvalue weighted by Gasteiger charge is 2.36. The molecule has 0 saturated carbocycles. The highest BCUT2D eigenvalue weighted by atomic mass is 35.5. The fourth-order valence-corrected chi connectivity index (χ4v) is 5.16. The third-order valence-corrected chi connectivity index (χ3v) is 6.90. The Bertz CT molecular complexity index is 1350. The number of rotatable bonds is 11. The summed E-state index contributed by atoms with van der Waals surface area (Å²) in [6.07, 6.45) is 1.51. The predicted octanol–water partition coefficient (Wildman–Crippen LogP) is 6.43. The van der Waals surface area contributed by atoms with Gasteiger partial charge in [-0.3, -0.25) is 0 Å². The molecule has 0 amide bonds. The number of nitrogens with one attached hydrogen (secondary N) is 1. The van der Waals surface area contributed by atoms with Crippen LogP contribution in [-0.4, -0.2) is 40.1 Å². The Hall–Kier alpha value is -3.43. The van der Waals surface area contributed by atoms with Crippen molar-refractivity contribution >= 4 is 35.3 Å². The lowest BCUT2D eigenvalue weighted by Gasteiger charge is -2.28. The normalized spacial score (nSPS) is 14.6. The zero-order chi connectivity index (χ0) is 27.2. The molecule has 0 radical (unpaired) electrons. The summed E-state index contributed by atoms with van der Waals surface area (Å²) in [7, 11) is 0. The predicted molar refractivity (Wildman–Crippen MR) is 150 cm³/mol. The van der Waals surface area contributed by atoms with Crippen LogP contribution >= 0.6 is 23.4 Å². The zero-order valence-corrected chi connectivity index (χ0v) is 23.4. The summed E-state index contributed by atoms with van der Waals surface area (Å²) in [5.41, 5.74) is 2.82. The highest BCUT2D eigenvalue weighted by molar-refractivity contribution is 7.98. The minimum atomic E-state index is -0.599. The number of aromatic nitrogens is 3. The molecule has 0 bridgehead atoms. The maximum atomic E-state index is 13.2. The second-order valence-electron chi connectivity index (χ2n) is 8.80. The summed E-state index contributed by atoms with van der Waals surface area (Å²) < 4.78 is 19.0. The Morgan fingerprint density at radius 3 is 2.76 bits per heavy atom. The summed E-state index contributed by atoms with van der Waals surface area (Å²) in [6.45, 7) is 11.9. The second-order valence-corrected chi connectivity index (χ2v) is 10.2. The third kappa shape index (κ3) is 6.16. The van der Waals surface area contributed by atoms with Gasteiger partial charge in [-0.05, 0) is 57.0 Å². The van der Waals surface area contributed by atoms with Crippen LogP contribution in [0, 0.1) is 0 Å². The Morgan fingerprint density at radius 2 is 2.05 bits per heavy atom. The van der Waals surface area contributed by atoms with Crippen molar-refractivity contribution in [3.63, 3.8) is 0 Å². The average molecular weight is 555 g/mol. The first kappa shape index (κ1) is 27.6. The molecular weight excluding hydrogens is 524 g/mol. The lowest BCUT2D eigenvalue weighted by molar-refractivity contribution is -0.138. The van der Waals surface area contributed by atoms with Gasteiger partial charge in [-0.15, -0.1) is 5.10 Å². The molecule has 38 heavy (non-hydrogen) atoms. The van der Waals surface area contributed by atoms with Crippen molar-refractivity contribution in [1.29, 1.82) is 0 Å². The average Bonchev–Trinajstić information content (AvgIpc) is 3.29. The Kier molecular flexibility index (Phi) is 9.01. The topological polar surface area (TPSA) is 87.5 Å². The van der Waals surface area contributed by atoms with E-state index in [4.69, 9.17) is 35.9 Å². The lowest BCUT2D eigenvalue weighted by Crippen LogP contribution is -2.29. The number of carbonyl (C=O) groups excluding carboxylic acids is 1. The molecule has 1 N–H and O–H groups in total. The molecule has 2 heterocycles. The molecular formula is C28H31ClN4O4S. The number of hydrogen-bond acceptors (Lipinski definition) is 8. The Balaban J connectivity index is 1.75. The minimum absolute atomic E-state index is 0.0230. The van der Waals surface area contributed by atoms with Crippen molar-refractivity contribution in [2.45, 2.75) is 50.8 Å². The van der Waals surface area contributed by atoms with Crippen molar-refractivity contribution in [2.75, 3.05) is 18.5 Å². The van der Waals surface area contributed by atoms with Crippen LogP contribution in [0.3, 0.4) is 0 Å². The van der Waals surface area contributed by atoms with E-state index in [1.807, 2.05) is 70.2 Å². The number of allylic oxidation sites excluding steroid dienone is 1. The summed E-state index contributed by atoms with van der Waals surface area (Å²) in [4.78, 5) is 17.9. The Morgan fingerprint density at radius 1 is 1.26 bits per heavy atom. The van der Waals surface area contributed by atoms with E-state index < -0.39 is 12.0 Å². The van der Waals surface area contributed by atoms with E-state index in [0.29, 0.717) is 51.3 Å². The second kappa shape index (κ2) is 12.4. The van der Waals surface area contributed by atoms with Gasteiger partial charge in [-0.25, -0.2) is 9.48 Å². The molecule has 1 unspecified atom stereocenters. The van der Waals surface area contributed by atoms with Gasteiger partial charge in [-0.2, -0.15) is 4.98 Å². The number of halogens is 1. The van der Waals surface area contributed by atoms with Gasteiger partial charge in [0.05, 0.1) is 18.3 Å². The molecule has 200 valence electrons. The largest absolute Gasteiger partial charge is 0.490 e. The first-order chi connectivity index (χ1) is 18.3. The third-order valence-electron chi connectivity index (χ3n) is 5.65. The molecule has 0 aliphatic carbocycles. The van der Waals surface area contributed by atoms with Gasteiger partial charge in [0, 0.05) is 16.5 Å². The number of benzene rings is 2. The maximum absolute atomic E-state index is 13.2. The lowest BCUT2D eigenvalue weighted by atomic mass is 9.95. The monoisotopic (exact) mass is 554 g/mol. The van der Waals surface area contributed by atoms with Crippen molar-refractivity contribution in [1.82, 2.24) is 14.8 Å². The summed E-state index contributed by atoms with van der Waals surface area (Å²) in [5, 5.41) is 9.24. The van der Waals surface area contributed by atoms with Crippen molar-refractivity contribution < 1.29 is 19.0 Å². The molecule has 1 aromatic heterocycles. The highest BCUT2D eigenvalue weighted by Crippen LogP contribution is 2.40. The number of esters is 1. The van der Waals surface area contributed by atoms with Gasteiger partial charge in [0.25, 0.3) is 0 Å². The molecule has 0 spiro atoms. The molecule has 10 heteroatoms. The van der Waals surface area contributed by atoms with E-state index in [-0.39, 0.29) is 12.7 Å². The number of thioether (sulfide) groups is 1. The summed E-state index contributed by atoms with van der Waals surface area (Å²) >= 11 is 7.80. The van der Waals surface area contributed by atoms with Crippen LogP contribution in [0.1, 0.15) is 44.9 Å². The summed E-state index contributed by atoms with van der Waals surface area (Å²) in [5.74, 6) is 1.88. The van der Waals surface area contributed by atoms with Crippen LogP contribution in [-0.2, 0) is 15.3 Å². The van der Waals surface area contributed by atoms with Gasteiger partial charge in [0.15, 0.2) is 11.5 Å². The van der Waals surface area contributed by atoms with Gasteiger partial charge in [-0.1, -0.05) is 60.3 Å². The molecule has 8 nitrogen and oxygen atoms in total. The molecule has 3 aromatic rings. The fourth-order valence-electron chi connectivity index (χ4n) is 4.05. The number of fused-ring (bicyclic) bond motifs is 1. The molecule has 0 fully saturated rings. The zero-order valence-electron chi connectivity index (χ0n) is 21.9. The van der Waals surface area contributed by atoms with Crippen molar-refractivity contribution in [3.8, 4) is 11.5 Å². The quantitative estimate of drug-likeness (QED) is 0.165. The van der Waals surface area contributed by atoms with Crippen LogP contribution < -0.4 is 14.8 Å². The minimum Gasteiger partial charge on any atom is -0.490 e. The summed E-state index contributed by atoms with van der Waals surface area (Å²) in [6, 6.07) is 12.7. The molecule has 0 saturated heterocycles. The standard InChI is InChI=1S/C28H31ClN4O4S/c1-6-14-36-26(34)24-18(5)30-27-31-28(38-16-20-10-8-9-11-21(20)29)32-33(27)25(24)19-12-13-22(37-17(3)4)23(15-19)35-7-2/h6,8-13,15,17,25H,1,7,14,16H2,2-5H3,(H,30,31,32). The van der Waals surface area contributed by atoms with Gasteiger partial charge < -0.3 is 19.5 Å². The van der Waals surface area contributed by atoms with Crippen LogP contribution in [0.2, 0.25) is 5.02 Å². The van der Waals surface area contributed by atoms with Crippen LogP contribution in [0.5, 0.6) is 11.5 Å². The first-order valence-electron chi connectivity index (χ1n) is 12.3. The number of carbonyl (C=O) groups is 1. The molecule has 1 atom stereocenters. The number of nitrogens with zero attached hydrogens (tertiary/aromatic N) is 3. The van der Waals surface area contributed by atoms with E-state index in [1.54, 1.807) is 4.68 Å². The van der Waals surface area contributed by atoms with Crippen LogP contribution in [0.4, 0.5) is 5.95 Å². The number of ether oxygens (including phenoxy) is 3. The first-order valence-corrected chi connectivity index (χ1v) is 13.7. The van der Waals surface area contributed by atoms with E-state index in [0.717, 1.165) is 11.1 Å². The smallest absolute Gasteiger partial charge is 0.338 e. The van der Waals surface area contributed by atoms with E-state index >= 15 is 0 Å². The van der Waals surface area contributed by atoms with Crippen LogP contribution in [0.15, 0.2) is 71.5 Å². The SMILES string of the molecule is C=CCOC(=O)C1=C(C)Nc2nc(SCc3ccccc3Cl)nn2C1c1ccc(OC(C)C)c(OCC)c1. The fraction of sp³-hybridized carbons (Fsp3) is 0.321. The number of hydrogen-bond donors (Lipinski definition) is 1. The maximum Gasteiger partial charge on any atom is 0.338 e. The molecule has 2 aromatic carbocycles. The molecule has 1 aliphatic heterocycles. The van der Waals surface area contributed by atoms with Gasteiger partial charge >= 0.3 is 5.97 Å². The van der Waals surface area contributed by atoms with E-state index in [1.165, 1.54) is 17.8 Å². The van der Waals surface area contributed by atoms with E-state index in [9.17, 15) is 4.79 Å². The molecule has 4 rings (SSSR count). The van der Waals surface area contributed by atoms with Crippen molar-refractivity contribution in [3.05, 3.63) is 82.5 Å². The van der Waals surface area contributed by atoms with Crippen LogP contribution in [0.25, 0.3) is 0 Å².